The van der Waals surface area contributed by atoms with Crippen molar-refractivity contribution < 1.29 is 0 Å². The Bertz CT molecular complexity index is 469. The van der Waals surface area contributed by atoms with E-state index in [1.54, 1.807) is 0 Å². The van der Waals surface area contributed by atoms with Crippen molar-refractivity contribution in [2.24, 2.45) is 17.8 Å². The molecule has 0 unspecified atom stereocenters. The van der Waals surface area contributed by atoms with Crippen molar-refractivity contribution >= 4 is 5.96 Å². The minimum absolute atomic E-state index is 0.523. The van der Waals surface area contributed by atoms with E-state index in [-0.39, 0.29) is 0 Å². The van der Waals surface area contributed by atoms with E-state index < -0.39 is 0 Å². The van der Waals surface area contributed by atoms with E-state index in [1.807, 2.05) is 11.7 Å². The Balaban J connectivity index is 1.82. The van der Waals surface area contributed by atoms with E-state index >= 15 is 0 Å². The average Bonchev–Trinajstić information content (AvgIpc) is 2.66. The van der Waals surface area contributed by atoms with Gasteiger partial charge in [0.15, 0.2) is 5.96 Å². The predicted molar refractivity (Wildman–Crippen MR) is 82.9 cm³/mol. The van der Waals surface area contributed by atoms with Crippen molar-refractivity contribution in [3.8, 4) is 0 Å². The Morgan fingerprint density at radius 1 is 1.35 bits per heavy atom. The quantitative estimate of drug-likeness (QED) is 0.651. The van der Waals surface area contributed by atoms with E-state index in [0.717, 1.165) is 18.7 Å². The number of aliphatic imine (C=N–C) groups is 1. The number of nitrogens with one attached hydrogen (secondary N) is 1. The Kier molecular flexibility index (Phi) is 5.04. The minimum atomic E-state index is 0.523. The first-order valence-electron chi connectivity index (χ1n) is 7.63. The van der Waals surface area contributed by atoms with Gasteiger partial charge in [0.2, 0.25) is 0 Å². The number of aryl methyl sites for hydroxylation is 2. The molecule has 0 atom stereocenters. The maximum absolute atomic E-state index is 5.97. The lowest BCUT2D eigenvalue weighted by atomic mass is 9.96. The smallest absolute Gasteiger partial charge is 0.188 e. The molecule has 1 aliphatic rings. The maximum atomic E-state index is 5.97. The van der Waals surface area contributed by atoms with Crippen molar-refractivity contribution in [1.82, 2.24) is 15.1 Å². The largest absolute Gasteiger partial charge is 0.370 e. The third-order valence-corrected chi connectivity index (χ3v) is 4.26. The molecule has 0 spiro atoms. The molecule has 0 saturated heterocycles. The van der Waals surface area contributed by atoms with E-state index in [9.17, 15) is 0 Å². The molecule has 1 aromatic heterocycles. The second kappa shape index (κ2) is 6.77. The molecule has 3 N–H and O–H groups in total. The van der Waals surface area contributed by atoms with Crippen LogP contribution in [0.1, 0.15) is 49.1 Å². The van der Waals surface area contributed by atoms with Crippen molar-refractivity contribution in [1.29, 1.82) is 0 Å². The highest BCUT2D eigenvalue weighted by atomic mass is 15.3. The number of nitrogens with two attached hydrogens (primary N) is 1. The Morgan fingerprint density at radius 2 is 2.05 bits per heavy atom. The van der Waals surface area contributed by atoms with Crippen molar-refractivity contribution in [2.75, 3.05) is 6.54 Å². The van der Waals surface area contributed by atoms with Crippen molar-refractivity contribution in [3.63, 3.8) is 0 Å². The van der Waals surface area contributed by atoms with Crippen LogP contribution in [0.3, 0.4) is 0 Å². The van der Waals surface area contributed by atoms with Crippen LogP contribution < -0.4 is 11.1 Å². The van der Waals surface area contributed by atoms with E-state index in [1.165, 1.54) is 43.4 Å². The highest BCUT2D eigenvalue weighted by Crippen LogP contribution is 2.17. The molecule has 5 heteroatoms. The van der Waals surface area contributed by atoms with Gasteiger partial charge in [0.05, 0.1) is 5.69 Å². The van der Waals surface area contributed by atoms with Gasteiger partial charge in [-0.1, -0.05) is 19.3 Å². The Labute approximate surface area is 121 Å². The van der Waals surface area contributed by atoms with Crippen LogP contribution in [0, 0.1) is 13.8 Å². The van der Waals surface area contributed by atoms with E-state index in [4.69, 9.17) is 5.73 Å². The molecule has 1 saturated carbocycles. The van der Waals surface area contributed by atoms with Gasteiger partial charge in [0, 0.05) is 25.3 Å². The van der Waals surface area contributed by atoms with Gasteiger partial charge in [-0.25, -0.2) is 0 Å². The van der Waals surface area contributed by atoms with Crippen molar-refractivity contribution in [3.05, 3.63) is 17.0 Å². The summed E-state index contributed by atoms with van der Waals surface area (Å²) < 4.78 is 1.93. The number of nitrogens with zero attached hydrogens (tertiary/aromatic N) is 3. The second-order valence-corrected chi connectivity index (χ2v) is 5.77. The first-order chi connectivity index (χ1) is 9.58. The van der Waals surface area contributed by atoms with E-state index in [2.05, 4.69) is 29.3 Å². The molecule has 1 aliphatic carbocycles. The van der Waals surface area contributed by atoms with Gasteiger partial charge >= 0.3 is 0 Å². The van der Waals surface area contributed by atoms with Crippen molar-refractivity contribution in [2.45, 2.75) is 58.4 Å². The summed E-state index contributed by atoms with van der Waals surface area (Å²) in [5, 5.41) is 7.77. The highest BCUT2D eigenvalue weighted by Gasteiger charge is 2.13. The average molecular weight is 277 g/mol. The number of hydrogen-bond donors (Lipinski definition) is 2. The standard InChI is InChI=1S/C15H27N5/c1-11-14(12(2)20(3)19-11)9-10-17-15(16)18-13-7-5-4-6-8-13/h13H,4-10H2,1-3H3,(H3,16,17,18). The van der Waals surface area contributed by atoms with Crippen LogP contribution in [0.5, 0.6) is 0 Å². The highest BCUT2D eigenvalue weighted by molar-refractivity contribution is 5.78. The van der Waals surface area contributed by atoms with Gasteiger partial charge < -0.3 is 11.1 Å². The lowest BCUT2D eigenvalue weighted by Gasteiger charge is -2.23. The zero-order valence-corrected chi connectivity index (χ0v) is 12.9. The fourth-order valence-electron chi connectivity index (χ4n) is 2.97. The number of aromatic nitrogens is 2. The minimum Gasteiger partial charge on any atom is -0.370 e. The van der Waals surface area contributed by atoms with Gasteiger partial charge in [-0.2, -0.15) is 5.10 Å². The van der Waals surface area contributed by atoms with Gasteiger partial charge in [0.1, 0.15) is 0 Å². The van der Waals surface area contributed by atoms with Gasteiger partial charge in [-0.05, 0) is 38.7 Å². The molecular weight excluding hydrogens is 250 g/mol. The van der Waals surface area contributed by atoms with Gasteiger partial charge in [-0.3, -0.25) is 9.67 Å². The van der Waals surface area contributed by atoms with Gasteiger partial charge in [-0.15, -0.1) is 0 Å². The molecular formula is C15H27N5. The molecule has 0 aliphatic heterocycles. The SMILES string of the molecule is Cc1nn(C)c(C)c1CCN=C(N)NC1CCCCC1. The summed E-state index contributed by atoms with van der Waals surface area (Å²) in [6.45, 7) is 4.87. The van der Waals surface area contributed by atoms with Crippen LogP contribution in [0.4, 0.5) is 0 Å². The zero-order valence-electron chi connectivity index (χ0n) is 12.9. The third-order valence-electron chi connectivity index (χ3n) is 4.26. The molecule has 0 aromatic carbocycles. The van der Waals surface area contributed by atoms with Crippen LogP contribution in [-0.2, 0) is 13.5 Å². The molecule has 2 rings (SSSR count). The summed E-state index contributed by atoms with van der Waals surface area (Å²) >= 11 is 0. The molecule has 1 fully saturated rings. The Morgan fingerprint density at radius 3 is 2.65 bits per heavy atom. The summed E-state index contributed by atoms with van der Waals surface area (Å²) in [4.78, 5) is 4.45. The summed E-state index contributed by atoms with van der Waals surface area (Å²) in [6.07, 6.45) is 7.31. The monoisotopic (exact) mass is 277 g/mol. The van der Waals surface area contributed by atoms with Crippen LogP contribution in [-0.4, -0.2) is 28.3 Å². The molecule has 0 amide bonds. The molecule has 0 bridgehead atoms. The lowest BCUT2D eigenvalue weighted by molar-refractivity contribution is 0.412. The summed E-state index contributed by atoms with van der Waals surface area (Å²) in [6, 6.07) is 0.523. The molecule has 1 aromatic rings. The van der Waals surface area contributed by atoms with Crippen LogP contribution in [0.2, 0.25) is 0 Å². The molecule has 1 heterocycles. The third kappa shape index (κ3) is 3.74. The molecule has 112 valence electrons. The number of hydrogen-bond acceptors (Lipinski definition) is 2. The second-order valence-electron chi connectivity index (χ2n) is 5.77. The normalized spacial score (nSPS) is 17.4. The first kappa shape index (κ1) is 14.9. The molecule has 5 nitrogen and oxygen atoms in total. The zero-order chi connectivity index (χ0) is 14.5. The maximum Gasteiger partial charge on any atom is 0.188 e. The Hall–Kier alpha value is -1.52. The van der Waals surface area contributed by atoms with E-state index in [0.29, 0.717) is 12.0 Å². The summed E-state index contributed by atoms with van der Waals surface area (Å²) in [5.41, 5.74) is 9.58. The topological polar surface area (TPSA) is 68.2 Å². The number of guanidine groups is 1. The first-order valence-corrected chi connectivity index (χ1v) is 7.63. The van der Waals surface area contributed by atoms with Crippen LogP contribution in [0.25, 0.3) is 0 Å². The summed E-state index contributed by atoms with van der Waals surface area (Å²) in [5.74, 6) is 0.594. The van der Waals surface area contributed by atoms with Gasteiger partial charge in [0.25, 0.3) is 0 Å². The lowest BCUT2D eigenvalue weighted by Crippen LogP contribution is -2.41. The van der Waals surface area contributed by atoms with Crippen LogP contribution in [0.15, 0.2) is 4.99 Å². The fourth-order valence-corrected chi connectivity index (χ4v) is 2.97. The molecule has 20 heavy (non-hydrogen) atoms. The summed E-state index contributed by atoms with van der Waals surface area (Å²) in [7, 11) is 1.98. The fraction of sp³-hybridized carbons (Fsp3) is 0.733. The number of rotatable bonds is 4. The predicted octanol–water partition coefficient (Wildman–Crippen LogP) is 1.82. The van der Waals surface area contributed by atoms with Crippen LogP contribution >= 0.6 is 0 Å². The molecule has 0 radical (unpaired) electrons.